The molecule has 3 nitrogen and oxygen atoms in total. The zero-order valence-electron chi connectivity index (χ0n) is 19.4. The molecule has 0 saturated heterocycles. The van der Waals surface area contributed by atoms with Crippen LogP contribution in [0.25, 0.3) is 0 Å². The Morgan fingerprint density at radius 2 is 1.23 bits per heavy atom. The molecule has 0 radical (unpaired) electrons. The van der Waals surface area contributed by atoms with E-state index < -0.39 is 33.0 Å². The Bertz CT molecular complexity index is 446. The van der Waals surface area contributed by atoms with Gasteiger partial charge in [0.15, 0.2) is 0 Å². The summed E-state index contributed by atoms with van der Waals surface area (Å²) in [5.41, 5.74) is 0. The fraction of sp³-hybridized carbons (Fsp3) is 0.905. The van der Waals surface area contributed by atoms with E-state index in [9.17, 15) is 0 Å². The van der Waals surface area contributed by atoms with Crippen LogP contribution in [0.4, 0.5) is 0 Å². The van der Waals surface area contributed by atoms with Crippen molar-refractivity contribution in [1.29, 1.82) is 0 Å². The van der Waals surface area contributed by atoms with Gasteiger partial charge in [-0.2, -0.15) is 0 Å². The van der Waals surface area contributed by atoms with Crippen molar-refractivity contribution < 1.29 is 13.9 Å². The van der Waals surface area contributed by atoms with Crippen molar-refractivity contribution in [2.45, 2.75) is 104 Å². The summed E-state index contributed by atoms with van der Waals surface area (Å²) in [6, 6.07) is 0. The Kier molecular flexibility index (Phi) is 11.0. The number of rotatable bonds is 10. The van der Waals surface area contributed by atoms with Gasteiger partial charge >= 0.3 is 169 Å². The molecular formula is C21H44O3SiSn. The maximum atomic E-state index is 6.93. The van der Waals surface area contributed by atoms with E-state index in [-0.39, 0.29) is 3.62 Å². The number of hydrogen-bond donors (Lipinski definition) is 0. The van der Waals surface area contributed by atoms with Crippen molar-refractivity contribution in [3.05, 3.63) is 0 Å². The molecule has 154 valence electrons. The zero-order chi connectivity index (χ0) is 20.8. The standard InChI is InChI=1S/C12H23O3Si.3C3H7.Sn/c1-7-13-12(14-8-2)10-9-11(3)15-16(4,5)6;3*1-3-2;/h12H,7-8H2,1-6H3;3*3H,1-2H3;. The molecule has 5 heteroatoms. The second-order valence-electron chi connectivity index (χ2n) is 9.16. The van der Waals surface area contributed by atoms with Gasteiger partial charge in [-0.05, 0) is 0 Å². The SMILES string of the molecule is CCOC(C#C[C](C)(O[Si](C)(C)C)[Sn]([CH](C)C)([CH](C)C)[CH](C)C)OCC. The van der Waals surface area contributed by atoms with Gasteiger partial charge in [0.1, 0.15) is 0 Å². The quantitative estimate of drug-likeness (QED) is 0.206. The van der Waals surface area contributed by atoms with Crippen LogP contribution in [-0.4, -0.2) is 49.8 Å². The summed E-state index contributed by atoms with van der Waals surface area (Å²) in [7, 11) is -1.78. The zero-order valence-corrected chi connectivity index (χ0v) is 23.3. The van der Waals surface area contributed by atoms with Gasteiger partial charge in [-0.1, -0.05) is 0 Å². The summed E-state index contributed by atoms with van der Waals surface area (Å²) < 4.78 is 19.9. The molecule has 0 spiro atoms. The Morgan fingerprint density at radius 1 is 0.846 bits per heavy atom. The average Bonchev–Trinajstić information content (AvgIpc) is 2.42. The third-order valence-electron chi connectivity index (χ3n) is 5.27. The van der Waals surface area contributed by atoms with E-state index in [1.807, 2.05) is 13.8 Å². The molecule has 0 saturated carbocycles. The summed E-state index contributed by atoms with van der Waals surface area (Å²) in [5, 5.41) is 0. The van der Waals surface area contributed by atoms with Crippen LogP contribution in [0.5, 0.6) is 0 Å². The van der Waals surface area contributed by atoms with Crippen LogP contribution in [0.1, 0.15) is 62.3 Å². The van der Waals surface area contributed by atoms with Crippen molar-refractivity contribution in [1.82, 2.24) is 0 Å². The molecule has 1 atom stereocenters. The molecule has 0 bridgehead atoms. The van der Waals surface area contributed by atoms with Gasteiger partial charge in [-0.3, -0.25) is 0 Å². The first kappa shape index (κ1) is 26.5. The first-order chi connectivity index (χ1) is 11.8. The van der Waals surface area contributed by atoms with Crippen LogP contribution in [0, 0.1) is 11.8 Å². The van der Waals surface area contributed by atoms with E-state index in [4.69, 9.17) is 13.9 Å². The van der Waals surface area contributed by atoms with Gasteiger partial charge in [0.25, 0.3) is 0 Å². The predicted molar refractivity (Wildman–Crippen MR) is 119 cm³/mol. The molecular weight excluding hydrogens is 447 g/mol. The van der Waals surface area contributed by atoms with E-state index >= 15 is 0 Å². The van der Waals surface area contributed by atoms with Crippen LogP contribution in [-0.2, 0) is 13.9 Å². The molecule has 0 aromatic heterocycles. The van der Waals surface area contributed by atoms with Gasteiger partial charge < -0.3 is 0 Å². The Morgan fingerprint density at radius 3 is 1.50 bits per heavy atom. The molecule has 0 fully saturated rings. The summed E-state index contributed by atoms with van der Waals surface area (Å²) in [6.07, 6.45) is -0.468. The fourth-order valence-electron chi connectivity index (χ4n) is 5.12. The molecule has 0 aromatic rings. The van der Waals surface area contributed by atoms with E-state index in [1.54, 1.807) is 0 Å². The Labute approximate surface area is 168 Å². The molecule has 0 heterocycles. The Balaban J connectivity index is 6.42. The second-order valence-corrected chi connectivity index (χ2v) is 31.5. The van der Waals surface area contributed by atoms with Crippen LogP contribution >= 0.6 is 0 Å². The van der Waals surface area contributed by atoms with Crippen LogP contribution in [0.2, 0.25) is 31.4 Å². The summed E-state index contributed by atoms with van der Waals surface area (Å²) in [4.78, 5) is 0. The van der Waals surface area contributed by atoms with Gasteiger partial charge in [0.2, 0.25) is 0 Å². The van der Waals surface area contributed by atoms with Gasteiger partial charge in [0.05, 0.1) is 0 Å². The van der Waals surface area contributed by atoms with E-state index in [0.717, 1.165) is 0 Å². The van der Waals surface area contributed by atoms with E-state index in [2.05, 4.69) is 79.9 Å². The van der Waals surface area contributed by atoms with Crippen molar-refractivity contribution in [3.8, 4) is 11.8 Å². The minimum atomic E-state index is -2.95. The summed E-state index contributed by atoms with van der Waals surface area (Å²) in [6.45, 7) is 28.6. The van der Waals surface area contributed by atoms with E-state index in [1.165, 1.54) is 0 Å². The third kappa shape index (κ3) is 6.51. The fourth-order valence-corrected chi connectivity index (χ4v) is 32.4. The molecule has 0 amide bonds. The average molecular weight is 491 g/mol. The van der Waals surface area contributed by atoms with Crippen molar-refractivity contribution in [2.24, 2.45) is 0 Å². The molecule has 0 rings (SSSR count). The van der Waals surface area contributed by atoms with Gasteiger partial charge in [-0.15, -0.1) is 0 Å². The molecule has 0 aliphatic heterocycles. The van der Waals surface area contributed by atoms with Gasteiger partial charge in [-0.25, -0.2) is 0 Å². The van der Waals surface area contributed by atoms with Crippen LogP contribution in [0.3, 0.4) is 0 Å². The third-order valence-corrected chi connectivity index (χ3v) is 28.6. The van der Waals surface area contributed by atoms with Gasteiger partial charge in [0, 0.05) is 0 Å². The first-order valence-corrected chi connectivity index (χ1v) is 20.0. The normalized spacial score (nSPS) is 15.5. The topological polar surface area (TPSA) is 27.7 Å². The second kappa shape index (κ2) is 10.9. The molecule has 26 heavy (non-hydrogen) atoms. The monoisotopic (exact) mass is 492 g/mol. The van der Waals surface area contributed by atoms with E-state index in [0.29, 0.717) is 25.0 Å². The summed E-state index contributed by atoms with van der Waals surface area (Å²) >= 11 is -2.95. The predicted octanol–water partition coefficient (Wildman–Crippen LogP) is 6.22. The Hall–Kier alpha value is 0.456. The van der Waals surface area contributed by atoms with Crippen molar-refractivity contribution in [3.63, 3.8) is 0 Å². The first-order valence-electron chi connectivity index (χ1n) is 10.2. The van der Waals surface area contributed by atoms with Crippen LogP contribution in [0.15, 0.2) is 0 Å². The van der Waals surface area contributed by atoms with Crippen molar-refractivity contribution >= 4 is 26.7 Å². The molecule has 0 aliphatic rings. The number of hydrogen-bond acceptors (Lipinski definition) is 3. The molecule has 0 N–H and O–H groups in total. The minimum absolute atomic E-state index is 0.359. The van der Waals surface area contributed by atoms with Crippen molar-refractivity contribution in [2.75, 3.05) is 13.2 Å². The molecule has 0 aromatic carbocycles. The van der Waals surface area contributed by atoms with Crippen LogP contribution < -0.4 is 0 Å². The molecule has 0 aliphatic carbocycles. The maximum absolute atomic E-state index is 6.93. The summed E-state index contributed by atoms with van der Waals surface area (Å²) in [5.74, 6) is 6.92. The number of ether oxygens (including phenoxy) is 2. The molecule has 1 unspecified atom stereocenters.